The van der Waals surface area contributed by atoms with Crippen molar-refractivity contribution in [2.24, 2.45) is 0 Å². The number of rotatable bonds is 11. The van der Waals surface area contributed by atoms with Crippen molar-refractivity contribution in [1.82, 2.24) is 10.2 Å². The monoisotopic (exact) mass is 494 g/mol. The number of nitrogens with one attached hydrogen (secondary N) is 1. The summed E-state index contributed by atoms with van der Waals surface area (Å²) in [7, 11) is 0. The summed E-state index contributed by atoms with van der Waals surface area (Å²) in [6, 6.07) is 25.0. The lowest BCUT2D eigenvalue weighted by molar-refractivity contribution is -0.139. The molecule has 0 spiro atoms. The molecule has 0 fully saturated rings. The van der Waals surface area contributed by atoms with Crippen LogP contribution in [0.5, 0.6) is 0 Å². The molecule has 0 aliphatic rings. The van der Waals surface area contributed by atoms with E-state index in [2.05, 4.69) is 30.4 Å². The molecule has 0 aliphatic carbocycles. The Labute approximate surface area is 211 Å². The van der Waals surface area contributed by atoms with Gasteiger partial charge in [-0.1, -0.05) is 83.9 Å². The van der Waals surface area contributed by atoms with Crippen molar-refractivity contribution in [2.45, 2.75) is 38.6 Å². The maximum atomic E-state index is 13.5. The van der Waals surface area contributed by atoms with E-state index >= 15 is 0 Å². The number of halogens is 1. The summed E-state index contributed by atoms with van der Waals surface area (Å²) in [5.41, 5.74) is 4.34. The van der Waals surface area contributed by atoms with Gasteiger partial charge in [-0.2, -0.15) is 0 Å². The number of aryl methyl sites for hydroxylation is 1. The van der Waals surface area contributed by atoms with Gasteiger partial charge in [-0.15, -0.1) is 11.8 Å². The molecule has 1 unspecified atom stereocenters. The van der Waals surface area contributed by atoms with Gasteiger partial charge in [0.25, 0.3) is 0 Å². The molecule has 1 atom stereocenters. The second-order valence-electron chi connectivity index (χ2n) is 8.23. The van der Waals surface area contributed by atoms with Gasteiger partial charge in [0.2, 0.25) is 11.8 Å². The molecule has 0 bridgehead atoms. The molecule has 0 aromatic heterocycles. The van der Waals surface area contributed by atoms with E-state index in [0.717, 1.165) is 16.9 Å². The highest BCUT2D eigenvalue weighted by Crippen LogP contribution is 2.20. The van der Waals surface area contributed by atoms with E-state index in [4.69, 9.17) is 11.6 Å². The van der Waals surface area contributed by atoms with Crippen LogP contribution in [0.25, 0.3) is 0 Å². The minimum absolute atomic E-state index is 0.0558. The van der Waals surface area contributed by atoms with Crippen LogP contribution in [0.4, 0.5) is 0 Å². The van der Waals surface area contributed by atoms with Gasteiger partial charge in [0.15, 0.2) is 0 Å². The predicted molar refractivity (Wildman–Crippen MR) is 142 cm³/mol. The zero-order valence-corrected chi connectivity index (χ0v) is 21.2. The van der Waals surface area contributed by atoms with Crippen LogP contribution in [0.3, 0.4) is 0 Å². The number of likely N-dealkylation sites (N-methyl/N-ethyl adjacent to an activating group) is 1. The molecule has 0 saturated carbocycles. The van der Waals surface area contributed by atoms with Crippen molar-refractivity contribution < 1.29 is 9.59 Å². The first kappa shape index (κ1) is 25.9. The molecule has 6 heteroatoms. The van der Waals surface area contributed by atoms with E-state index in [1.54, 1.807) is 16.7 Å². The molecule has 0 radical (unpaired) electrons. The third-order valence-electron chi connectivity index (χ3n) is 5.47. The molecule has 0 aliphatic heterocycles. The Morgan fingerprint density at radius 2 is 1.65 bits per heavy atom. The lowest BCUT2D eigenvalue weighted by Crippen LogP contribution is -2.51. The normalized spacial score (nSPS) is 11.6. The third kappa shape index (κ3) is 7.93. The number of benzene rings is 3. The van der Waals surface area contributed by atoms with Gasteiger partial charge in [-0.05, 0) is 42.7 Å². The number of thioether (sulfide) groups is 1. The van der Waals surface area contributed by atoms with Gasteiger partial charge < -0.3 is 10.2 Å². The molecule has 178 valence electrons. The standard InChI is InChI=1S/C28H31ClN2O2S/c1-3-30-28(33)26(17-22-9-5-4-6-10-22)31(18-23-12-14-25(29)15-13-23)27(32)20-34-19-24-11-7-8-21(2)16-24/h4-16,26H,3,17-20H2,1-2H3,(H,30,33). The summed E-state index contributed by atoms with van der Waals surface area (Å²) >= 11 is 7.63. The summed E-state index contributed by atoms with van der Waals surface area (Å²) in [5, 5.41) is 3.56. The molecular weight excluding hydrogens is 464 g/mol. The van der Waals surface area contributed by atoms with Crippen LogP contribution in [0.1, 0.15) is 29.2 Å². The van der Waals surface area contributed by atoms with Crippen molar-refractivity contribution in [2.75, 3.05) is 12.3 Å². The molecule has 2 amide bonds. The molecule has 3 aromatic rings. The van der Waals surface area contributed by atoms with E-state index in [0.29, 0.717) is 30.3 Å². The maximum absolute atomic E-state index is 13.5. The molecule has 4 nitrogen and oxygen atoms in total. The zero-order chi connectivity index (χ0) is 24.3. The number of hydrogen-bond acceptors (Lipinski definition) is 3. The van der Waals surface area contributed by atoms with E-state index in [1.807, 2.05) is 67.6 Å². The largest absolute Gasteiger partial charge is 0.355 e. The second kappa shape index (κ2) is 13.2. The van der Waals surface area contributed by atoms with Crippen LogP contribution in [0.2, 0.25) is 5.02 Å². The Balaban J connectivity index is 1.81. The van der Waals surface area contributed by atoms with Crippen LogP contribution in [0.15, 0.2) is 78.9 Å². The van der Waals surface area contributed by atoms with E-state index in [1.165, 1.54) is 11.1 Å². The topological polar surface area (TPSA) is 49.4 Å². The first-order valence-corrected chi connectivity index (χ1v) is 13.0. The molecule has 34 heavy (non-hydrogen) atoms. The molecule has 0 saturated heterocycles. The molecular formula is C28H31ClN2O2S. The lowest BCUT2D eigenvalue weighted by Gasteiger charge is -2.31. The maximum Gasteiger partial charge on any atom is 0.243 e. The van der Waals surface area contributed by atoms with E-state index in [9.17, 15) is 9.59 Å². The smallest absolute Gasteiger partial charge is 0.243 e. The Bertz CT molecular complexity index is 1070. The fourth-order valence-electron chi connectivity index (χ4n) is 3.77. The Hall–Kier alpha value is -2.76. The van der Waals surface area contributed by atoms with E-state index < -0.39 is 6.04 Å². The minimum atomic E-state index is -0.606. The first-order valence-electron chi connectivity index (χ1n) is 11.4. The summed E-state index contributed by atoms with van der Waals surface area (Å²) in [6.07, 6.45) is 0.453. The number of carbonyl (C=O) groups is 2. The van der Waals surface area contributed by atoms with Gasteiger partial charge in [-0.3, -0.25) is 9.59 Å². The Morgan fingerprint density at radius 3 is 2.32 bits per heavy atom. The Kier molecular flexibility index (Phi) is 10.0. The minimum Gasteiger partial charge on any atom is -0.355 e. The highest BCUT2D eigenvalue weighted by Gasteiger charge is 2.30. The summed E-state index contributed by atoms with van der Waals surface area (Å²) in [4.78, 5) is 28.4. The van der Waals surface area contributed by atoms with Crippen molar-refractivity contribution in [3.05, 3.63) is 106 Å². The van der Waals surface area contributed by atoms with Crippen LogP contribution in [-0.4, -0.2) is 35.1 Å². The summed E-state index contributed by atoms with van der Waals surface area (Å²) in [6.45, 7) is 4.80. The van der Waals surface area contributed by atoms with Crippen molar-refractivity contribution >= 4 is 35.2 Å². The summed E-state index contributed by atoms with van der Waals surface area (Å²) < 4.78 is 0. The fourth-order valence-corrected chi connectivity index (χ4v) is 4.76. The van der Waals surface area contributed by atoms with Crippen LogP contribution >= 0.6 is 23.4 Å². The Morgan fingerprint density at radius 1 is 0.941 bits per heavy atom. The van der Waals surface area contributed by atoms with Gasteiger partial charge in [0.1, 0.15) is 6.04 Å². The van der Waals surface area contributed by atoms with Crippen LogP contribution in [0, 0.1) is 6.92 Å². The average Bonchev–Trinajstić information content (AvgIpc) is 2.83. The number of carbonyl (C=O) groups excluding carboxylic acids is 2. The van der Waals surface area contributed by atoms with Crippen LogP contribution in [-0.2, 0) is 28.3 Å². The van der Waals surface area contributed by atoms with Gasteiger partial charge in [-0.25, -0.2) is 0 Å². The number of amides is 2. The lowest BCUT2D eigenvalue weighted by atomic mass is 10.0. The van der Waals surface area contributed by atoms with Crippen molar-refractivity contribution in [3.8, 4) is 0 Å². The van der Waals surface area contributed by atoms with Gasteiger partial charge >= 0.3 is 0 Å². The number of hydrogen-bond donors (Lipinski definition) is 1. The van der Waals surface area contributed by atoms with Gasteiger partial charge in [0.05, 0.1) is 5.75 Å². The SMILES string of the molecule is CCNC(=O)C(Cc1ccccc1)N(Cc1ccc(Cl)cc1)C(=O)CSCc1cccc(C)c1. The predicted octanol–water partition coefficient (Wildman–Crippen LogP) is 5.66. The quantitative estimate of drug-likeness (QED) is 0.374. The highest BCUT2D eigenvalue weighted by molar-refractivity contribution is 7.99. The molecule has 1 N–H and O–H groups in total. The van der Waals surface area contributed by atoms with E-state index in [-0.39, 0.29) is 11.8 Å². The fraction of sp³-hybridized carbons (Fsp3) is 0.286. The first-order chi connectivity index (χ1) is 16.5. The molecule has 3 aromatic carbocycles. The zero-order valence-electron chi connectivity index (χ0n) is 19.7. The third-order valence-corrected chi connectivity index (χ3v) is 6.71. The number of nitrogens with zero attached hydrogens (tertiary/aromatic N) is 1. The van der Waals surface area contributed by atoms with Crippen molar-refractivity contribution in [3.63, 3.8) is 0 Å². The second-order valence-corrected chi connectivity index (χ2v) is 9.65. The molecule has 3 rings (SSSR count). The summed E-state index contributed by atoms with van der Waals surface area (Å²) in [5.74, 6) is 0.844. The van der Waals surface area contributed by atoms with Crippen LogP contribution < -0.4 is 5.32 Å². The van der Waals surface area contributed by atoms with Gasteiger partial charge in [0, 0.05) is 30.3 Å². The highest BCUT2D eigenvalue weighted by atomic mass is 35.5. The average molecular weight is 495 g/mol. The van der Waals surface area contributed by atoms with Crippen molar-refractivity contribution in [1.29, 1.82) is 0 Å². The molecule has 0 heterocycles.